The van der Waals surface area contributed by atoms with Gasteiger partial charge in [-0.2, -0.15) is 0 Å². The van der Waals surface area contributed by atoms with E-state index in [1.54, 1.807) is 0 Å². The molecule has 16 heavy (non-hydrogen) atoms. The lowest BCUT2D eigenvalue weighted by Gasteiger charge is -2.20. The summed E-state index contributed by atoms with van der Waals surface area (Å²) in [5.74, 6) is 0.841. The van der Waals surface area contributed by atoms with Crippen LogP contribution in [0.15, 0.2) is 24.3 Å². The van der Waals surface area contributed by atoms with Gasteiger partial charge in [0.25, 0.3) is 0 Å². The quantitative estimate of drug-likeness (QED) is 0.776. The molecule has 2 rings (SSSR count). The van der Waals surface area contributed by atoms with Gasteiger partial charge in [-0.05, 0) is 57.7 Å². The maximum atomic E-state index is 3.66. The number of aryl methyl sites for hydroxylation is 1. The average molecular weight is 235 g/mol. The summed E-state index contributed by atoms with van der Waals surface area (Å²) in [5.41, 5.74) is 0. The van der Waals surface area contributed by atoms with Gasteiger partial charge in [-0.15, -0.1) is 11.3 Å². The van der Waals surface area contributed by atoms with Gasteiger partial charge >= 0.3 is 0 Å². The minimum absolute atomic E-state index is 0.504. The monoisotopic (exact) mass is 235 g/mol. The Hall–Kier alpha value is -0.600. The van der Waals surface area contributed by atoms with Crippen LogP contribution in [0.25, 0.3) is 0 Å². The fourth-order valence-corrected chi connectivity index (χ4v) is 3.08. The molecule has 1 heterocycles. The Bertz CT molecular complexity index is 353. The Kier molecular flexibility index (Phi) is 4.19. The highest BCUT2D eigenvalue weighted by Gasteiger charge is 2.12. The first-order valence-corrected chi connectivity index (χ1v) is 7.02. The summed E-state index contributed by atoms with van der Waals surface area (Å²) in [4.78, 5) is 2.87. The van der Waals surface area contributed by atoms with Gasteiger partial charge in [-0.1, -0.05) is 12.2 Å². The Morgan fingerprint density at radius 2 is 2.31 bits per heavy atom. The summed E-state index contributed by atoms with van der Waals surface area (Å²) in [5, 5.41) is 3.66. The van der Waals surface area contributed by atoms with Crippen molar-refractivity contribution >= 4 is 11.3 Å². The van der Waals surface area contributed by atoms with Gasteiger partial charge in [0.15, 0.2) is 0 Å². The fraction of sp³-hybridized carbons (Fsp3) is 0.571. The standard InChI is InChI=1S/C14H21NS/c1-11-8-9-14(16-11)12(2)15-10-13-6-4-3-5-7-13/h3-4,8-9,12-13,15H,5-7,10H2,1-2H3. The Balaban J connectivity index is 1.79. The van der Waals surface area contributed by atoms with Crippen LogP contribution < -0.4 is 5.32 Å². The van der Waals surface area contributed by atoms with E-state index in [1.165, 1.54) is 29.0 Å². The zero-order chi connectivity index (χ0) is 11.4. The fourth-order valence-electron chi connectivity index (χ4n) is 2.17. The smallest absolute Gasteiger partial charge is 0.0386 e. The molecule has 2 heteroatoms. The number of nitrogens with one attached hydrogen (secondary N) is 1. The molecule has 0 amide bonds. The van der Waals surface area contributed by atoms with Crippen LogP contribution in [0.4, 0.5) is 0 Å². The van der Waals surface area contributed by atoms with E-state index in [-0.39, 0.29) is 0 Å². The second kappa shape index (κ2) is 5.65. The zero-order valence-electron chi connectivity index (χ0n) is 10.2. The van der Waals surface area contributed by atoms with E-state index in [0.29, 0.717) is 6.04 Å². The Morgan fingerprint density at radius 3 is 2.94 bits per heavy atom. The third-order valence-corrected chi connectivity index (χ3v) is 4.46. The molecule has 0 bridgehead atoms. The molecule has 1 aliphatic carbocycles. The molecule has 0 saturated carbocycles. The number of hydrogen-bond donors (Lipinski definition) is 1. The van der Waals surface area contributed by atoms with Crippen molar-refractivity contribution in [1.29, 1.82) is 0 Å². The lowest BCUT2D eigenvalue weighted by atomic mass is 9.94. The van der Waals surface area contributed by atoms with Crippen molar-refractivity contribution in [2.45, 2.75) is 39.2 Å². The molecule has 0 radical (unpaired) electrons. The normalized spacial score (nSPS) is 22.2. The third-order valence-electron chi connectivity index (χ3n) is 3.28. The van der Waals surface area contributed by atoms with E-state index < -0.39 is 0 Å². The number of allylic oxidation sites excluding steroid dienone is 2. The lowest BCUT2D eigenvalue weighted by molar-refractivity contribution is 0.417. The summed E-state index contributed by atoms with van der Waals surface area (Å²) in [6.07, 6.45) is 8.50. The Morgan fingerprint density at radius 1 is 1.44 bits per heavy atom. The van der Waals surface area contributed by atoms with E-state index in [4.69, 9.17) is 0 Å². The van der Waals surface area contributed by atoms with E-state index >= 15 is 0 Å². The third kappa shape index (κ3) is 3.19. The first-order valence-electron chi connectivity index (χ1n) is 6.20. The van der Waals surface area contributed by atoms with Gasteiger partial charge in [-0.3, -0.25) is 0 Å². The first-order chi connectivity index (χ1) is 7.75. The van der Waals surface area contributed by atoms with Crippen molar-refractivity contribution in [3.63, 3.8) is 0 Å². The molecule has 1 aliphatic rings. The first kappa shape index (κ1) is 11.9. The molecule has 2 unspecified atom stereocenters. The highest BCUT2D eigenvalue weighted by Crippen LogP contribution is 2.23. The topological polar surface area (TPSA) is 12.0 Å². The van der Waals surface area contributed by atoms with Gasteiger partial charge in [0.05, 0.1) is 0 Å². The van der Waals surface area contributed by atoms with Gasteiger partial charge in [0, 0.05) is 15.8 Å². The maximum absolute atomic E-state index is 3.66. The highest BCUT2D eigenvalue weighted by molar-refractivity contribution is 7.12. The molecule has 88 valence electrons. The molecule has 0 aliphatic heterocycles. The molecular weight excluding hydrogens is 214 g/mol. The van der Waals surface area contributed by atoms with Crippen molar-refractivity contribution in [2.24, 2.45) is 5.92 Å². The van der Waals surface area contributed by atoms with Crippen molar-refractivity contribution in [1.82, 2.24) is 5.32 Å². The minimum atomic E-state index is 0.504. The number of hydrogen-bond acceptors (Lipinski definition) is 2. The van der Waals surface area contributed by atoms with E-state index in [9.17, 15) is 0 Å². The van der Waals surface area contributed by atoms with Crippen molar-refractivity contribution in [3.05, 3.63) is 34.0 Å². The van der Waals surface area contributed by atoms with Crippen LogP contribution in [0.1, 0.15) is 42.0 Å². The molecule has 1 aromatic heterocycles. The molecule has 1 N–H and O–H groups in total. The van der Waals surface area contributed by atoms with Crippen molar-refractivity contribution in [3.8, 4) is 0 Å². The summed E-state index contributed by atoms with van der Waals surface area (Å²) in [7, 11) is 0. The predicted octanol–water partition coefficient (Wildman–Crippen LogP) is 4.06. The summed E-state index contributed by atoms with van der Waals surface area (Å²) < 4.78 is 0. The lowest BCUT2D eigenvalue weighted by Crippen LogP contribution is -2.25. The van der Waals surface area contributed by atoms with Crippen LogP contribution in [0.2, 0.25) is 0 Å². The van der Waals surface area contributed by atoms with Gasteiger partial charge in [0.1, 0.15) is 0 Å². The molecule has 1 aromatic rings. The van der Waals surface area contributed by atoms with Crippen LogP contribution >= 0.6 is 11.3 Å². The van der Waals surface area contributed by atoms with Gasteiger partial charge < -0.3 is 5.32 Å². The van der Waals surface area contributed by atoms with E-state index in [1.807, 2.05) is 11.3 Å². The number of rotatable bonds is 4. The molecule has 0 saturated heterocycles. The van der Waals surface area contributed by atoms with Crippen LogP contribution in [-0.2, 0) is 0 Å². The van der Waals surface area contributed by atoms with Gasteiger partial charge in [0.2, 0.25) is 0 Å². The van der Waals surface area contributed by atoms with Crippen LogP contribution in [-0.4, -0.2) is 6.54 Å². The molecular formula is C14H21NS. The van der Waals surface area contributed by atoms with E-state index in [0.717, 1.165) is 12.5 Å². The Labute approximate surface area is 103 Å². The molecule has 0 fully saturated rings. The van der Waals surface area contributed by atoms with Crippen molar-refractivity contribution < 1.29 is 0 Å². The zero-order valence-corrected chi connectivity index (χ0v) is 11.0. The van der Waals surface area contributed by atoms with Crippen LogP contribution in [0.3, 0.4) is 0 Å². The molecule has 0 aromatic carbocycles. The number of thiophene rings is 1. The minimum Gasteiger partial charge on any atom is -0.309 e. The van der Waals surface area contributed by atoms with Gasteiger partial charge in [-0.25, -0.2) is 0 Å². The predicted molar refractivity (Wildman–Crippen MR) is 72.0 cm³/mol. The largest absolute Gasteiger partial charge is 0.309 e. The molecule has 2 atom stereocenters. The summed E-state index contributed by atoms with van der Waals surface area (Å²) in [6.45, 7) is 5.60. The summed E-state index contributed by atoms with van der Waals surface area (Å²) >= 11 is 1.91. The van der Waals surface area contributed by atoms with E-state index in [2.05, 4.69) is 43.4 Å². The summed E-state index contributed by atoms with van der Waals surface area (Å²) in [6, 6.07) is 4.96. The highest BCUT2D eigenvalue weighted by atomic mass is 32.1. The average Bonchev–Trinajstić information content (AvgIpc) is 2.74. The van der Waals surface area contributed by atoms with Crippen LogP contribution in [0.5, 0.6) is 0 Å². The van der Waals surface area contributed by atoms with Crippen LogP contribution in [0, 0.1) is 12.8 Å². The second-order valence-corrected chi connectivity index (χ2v) is 6.05. The maximum Gasteiger partial charge on any atom is 0.0386 e. The second-order valence-electron chi connectivity index (χ2n) is 4.73. The molecule has 1 nitrogen and oxygen atoms in total. The molecule has 0 spiro atoms. The SMILES string of the molecule is Cc1ccc(C(C)NCC2CC=CCC2)s1. The van der Waals surface area contributed by atoms with Crippen molar-refractivity contribution in [2.75, 3.05) is 6.54 Å².